The molecule has 210 valence electrons. The summed E-state index contributed by atoms with van der Waals surface area (Å²) in [5.41, 5.74) is 2.31. The van der Waals surface area contributed by atoms with E-state index in [2.05, 4.69) is 37.1 Å². The quantitative estimate of drug-likeness (QED) is 0.304. The van der Waals surface area contributed by atoms with Crippen LogP contribution in [0.1, 0.15) is 16.8 Å². The van der Waals surface area contributed by atoms with E-state index in [1.54, 1.807) is 25.5 Å². The van der Waals surface area contributed by atoms with Crippen molar-refractivity contribution in [3.05, 3.63) is 58.1 Å². The zero-order chi connectivity index (χ0) is 28.7. The Kier molecular flexibility index (Phi) is 5.55. The predicted molar refractivity (Wildman–Crippen MR) is 153 cm³/mol. The molecule has 1 aromatic carbocycles. The third-order valence-electron chi connectivity index (χ3n) is 8.61. The van der Waals surface area contributed by atoms with Crippen LogP contribution < -0.4 is 15.6 Å². The molecule has 12 heteroatoms. The van der Waals surface area contributed by atoms with Gasteiger partial charge in [0.25, 0.3) is 0 Å². The Morgan fingerprint density at radius 3 is 2.71 bits per heavy atom. The summed E-state index contributed by atoms with van der Waals surface area (Å²) in [4.78, 5) is 41.9. The van der Waals surface area contributed by atoms with Gasteiger partial charge in [0.15, 0.2) is 11.6 Å². The Morgan fingerprint density at radius 2 is 1.95 bits per heavy atom. The molecule has 0 aliphatic carbocycles. The largest absolute Gasteiger partial charge is 0.477 e. The van der Waals surface area contributed by atoms with E-state index in [-0.39, 0.29) is 22.7 Å². The summed E-state index contributed by atoms with van der Waals surface area (Å²) in [6, 6.07) is 3.04. The van der Waals surface area contributed by atoms with Crippen LogP contribution in [-0.2, 0) is 7.05 Å². The van der Waals surface area contributed by atoms with Crippen LogP contribution >= 0.6 is 0 Å². The fourth-order valence-corrected chi connectivity index (χ4v) is 6.78. The van der Waals surface area contributed by atoms with Crippen LogP contribution in [0.5, 0.6) is 0 Å². The van der Waals surface area contributed by atoms with Gasteiger partial charge in [-0.3, -0.25) is 4.79 Å². The molecule has 2 aliphatic heterocycles. The molecular formula is C29H27F2N7O3. The zero-order valence-corrected chi connectivity index (χ0v) is 22.6. The lowest BCUT2D eigenvalue weighted by atomic mass is 9.99. The van der Waals surface area contributed by atoms with Crippen LogP contribution in [0, 0.1) is 17.6 Å². The number of nitrogens with one attached hydrogen (secondary N) is 2. The van der Waals surface area contributed by atoms with Gasteiger partial charge in [-0.05, 0) is 31.5 Å². The van der Waals surface area contributed by atoms with Gasteiger partial charge in [-0.25, -0.2) is 23.5 Å². The van der Waals surface area contributed by atoms with E-state index in [0.717, 1.165) is 31.7 Å². The van der Waals surface area contributed by atoms with Crippen molar-refractivity contribution in [2.45, 2.75) is 12.5 Å². The molecule has 0 amide bonds. The van der Waals surface area contributed by atoms with Gasteiger partial charge >= 0.3 is 5.97 Å². The smallest absolute Gasteiger partial charge is 0.341 e. The van der Waals surface area contributed by atoms with E-state index in [0.29, 0.717) is 44.6 Å². The van der Waals surface area contributed by atoms with E-state index < -0.39 is 23.0 Å². The SMILES string of the molecule is CNc1c(F)c(F)cc2c1[nH]c1ncc(-c3cnc4c(c3)c(=O)c(C(=O)O)cn4C)c(N3CCC4CN(C)CC43)c12. The van der Waals surface area contributed by atoms with Gasteiger partial charge in [0.1, 0.15) is 16.9 Å². The molecule has 0 saturated carbocycles. The Morgan fingerprint density at radius 1 is 1.15 bits per heavy atom. The van der Waals surface area contributed by atoms with Crippen LogP contribution in [0.3, 0.4) is 0 Å². The third kappa shape index (κ3) is 3.63. The highest BCUT2D eigenvalue weighted by Crippen LogP contribution is 2.46. The lowest BCUT2D eigenvalue weighted by Crippen LogP contribution is -2.35. The Hall–Kier alpha value is -4.58. The molecule has 5 aromatic rings. The van der Waals surface area contributed by atoms with Crippen LogP contribution in [-0.4, -0.2) is 75.3 Å². The summed E-state index contributed by atoms with van der Waals surface area (Å²) in [5.74, 6) is -2.82. The molecule has 2 saturated heterocycles. The minimum Gasteiger partial charge on any atom is -0.477 e. The number of likely N-dealkylation sites (tertiary alicyclic amines) is 1. The van der Waals surface area contributed by atoms with Gasteiger partial charge < -0.3 is 29.8 Å². The van der Waals surface area contributed by atoms with Gasteiger partial charge in [-0.2, -0.15) is 0 Å². The summed E-state index contributed by atoms with van der Waals surface area (Å²) >= 11 is 0. The van der Waals surface area contributed by atoms with Crippen molar-refractivity contribution in [3.63, 3.8) is 0 Å². The maximum absolute atomic E-state index is 14.9. The molecular weight excluding hydrogens is 532 g/mol. The number of likely N-dealkylation sites (N-methyl/N-ethyl adjacent to an activating group) is 1. The number of carbonyl (C=O) groups is 1. The van der Waals surface area contributed by atoms with Crippen LogP contribution in [0.4, 0.5) is 20.2 Å². The van der Waals surface area contributed by atoms with Crippen LogP contribution in [0.25, 0.3) is 44.1 Å². The summed E-state index contributed by atoms with van der Waals surface area (Å²) in [7, 11) is 5.26. The second-order valence-corrected chi connectivity index (χ2v) is 11.0. The van der Waals surface area contributed by atoms with E-state index in [1.807, 2.05) is 0 Å². The van der Waals surface area contributed by atoms with Crippen molar-refractivity contribution in [2.24, 2.45) is 13.0 Å². The number of benzene rings is 1. The number of carboxylic acids is 1. The molecule has 3 N–H and O–H groups in total. The molecule has 0 radical (unpaired) electrons. The standard InChI is InChI=1S/C29H27F2N7O3/c1-32-24-22(31)19(30)7-15-21-25(38-5-4-13-10-36(2)12-20(13)38)17(9-33-27(21)35-23(15)24)14-6-16-26(39)18(29(40)41)11-37(3)28(16)34-8-14/h6-9,11,13,20,32H,4-5,10,12H2,1-3H3,(H,33,35)(H,40,41). The Bertz CT molecular complexity index is 1990. The Balaban J connectivity index is 1.56. The first kappa shape index (κ1) is 25.4. The molecule has 6 heterocycles. The first-order valence-corrected chi connectivity index (χ1v) is 13.4. The maximum atomic E-state index is 14.9. The minimum atomic E-state index is -1.32. The average Bonchev–Trinajstić information content (AvgIpc) is 3.62. The van der Waals surface area contributed by atoms with Crippen molar-refractivity contribution in [1.29, 1.82) is 0 Å². The van der Waals surface area contributed by atoms with Crippen molar-refractivity contribution in [1.82, 2.24) is 24.4 Å². The monoisotopic (exact) mass is 559 g/mol. The van der Waals surface area contributed by atoms with Gasteiger partial charge in [-0.15, -0.1) is 0 Å². The summed E-state index contributed by atoms with van der Waals surface area (Å²) < 4.78 is 31.2. The number of aryl methyl sites for hydroxylation is 1. The highest BCUT2D eigenvalue weighted by molar-refractivity contribution is 6.18. The van der Waals surface area contributed by atoms with E-state index >= 15 is 0 Å². The van der Waals surface area contributed by atoms with Gasteiger partial charge in [0.2, 0.25) is 5.43 Å². The van der Waals surface area contributed by atoms with Gasteiger partial charge in [0, 0.05) is 74.9 Å². The molecule has 2 unspecified atom stereocenters. The van der Waals surface area contributed by atoms with Gasteiger partial charge in [0.05, 0.1) is 27.7 Å². The highest BCUT2D eigenvalue weighted by Gasteiger charge is 2.42. The number of pyridine rings is 3. The normalized spacial score (nSPS) is 19.1. The fourth-order valence-electron chi connectivity index (χ4n) is 6.78. The molecule has 41 heavy (non-hydrogen) atoms. The molecule has 0 spiro atoms. The number of fused-ring (bicyclic) bond motifs is 5. The number of H-pyrrole nitrogens is 1. The van der Waals surface area contributed by atoms with Crippen LogP contribution in [0.2, 0.25) is 0 Å². The lowest BCUT2D eigenvalue weighted by Gasteiger charge is -2.29. The number of hydrogen-bond acceptors (Lipinski definition) is 7. The van der Waals surface area contributed by atoms with Crippen molar-refractivity contribution >= 4 is 50.3 Å². The topological polar surface area (TPSA) is 119 Å². The number of anilines is 2. The molecule has 10 nitrogen and oxygen atoms in total. The zero-order valence-electron chi connectivity index (χ0n) is 22.6. The molecule has 2 atom stereocenters. The fraction of sp³-hybridized carbons (Fsp3) is 0.310. The summed E-state index contributed by atoms with van der Waals surface area (Å²) in [6.45, 7) is 2.57. The molecule has 2 aliphatic rings. The summed E-state index contributed by atoms with van der Waals surface area (Å²) in [6.07, 6.45) is 5.55. The third-order valence-corrected chi connectivity index (χ3v) is 8.61. The summed E-state index contributed by atoms with van der Waals surface area (Å²) in [5, 5.41) is 13.7. The van der Waals surface area contributed by atoms with Crippen molar-refractivity contribution < 1.29 is 18.7 Å². The number of hydrogen-bond donors (Lipinski definition) is 3. The predicted octanol–water partition coefficient (Wildman–Crippen LogP) is 3.79. The average molecular weight is 560 g/mol. The van der Waals surface area contributed by atoms with E-state index in [1.165, 1.54) is 23.9 Å². The van der Waals surface area contributed by atoms with Crippen molar-refractivity contribution in [2.75, 3.05) is 43.9 Å². The number of aromatic carboxylic acids is 1. The molecule has 7 rings (SSSR count). The number of halogens is 2. The Labute approximate surface area is 232 Å². The minimum absolute atomic E-state index is 0.0162. The molecule has 4 aromatic heterocycles. The highest BCUT2D eigenvalue weighted by atomic mass is 19.2. The van der Waals surface area contributed by atoms with E-state index in [9.17, 15) is 23.5 Å². The van der Waals surface area contributed by atoms with Crippen LogP contribution in [0.15, 0.2) is 35.5 Å². The van der Waals surface area contributed by atoms with Crippen molar-refractivity contribution in [3.8, 4) is 11.1 Å². The second kappa shape index (κ2) is 8.96. The number of aromatic amines is 1. The molecule has 0 bridgehead atoms. The molecule has 2 fully saturated rings. The first-order chi connectivity index (χ1) is 19.7. The van der Waals surface area contributed by atoms with Gasteiger partial charge in [-0.1, -0.05) is 0 Å². The van der Waals surface area contributed by atoms with E-state index in [4.69, 9.17) is 0 Å². The number of aromatic nitrogens is 4. The number of carboxylic acid groups (broad SMARTS) is 1. The number of nitrogens with zero attached hydrogens (tertiary/aromatic N) is 5. The second-order valence-electron chi connectivity index (χ2n) is 11.0. The number of rotatable bonds is 4. The maximum Gasteiger partial charge on any atom is 0.341 e. The lowest BCUT2D eigenvalue weighted by molar-refractivity contribution is 0.0695. The first-order valence-electron chi connectivity index (χ1n) is 13.4.